The Morgan fingerprint density at radius 3 is 2.37 bits per heavy atom. The van der Waals surface area contributed by atoms with Gasteiger partial charge in [0.1, 0.15) is 0 Å². The van der Waals surface area contributed by atoms with Crippen LogP contribution in [0.3, 0.4) is 0 Å². The number of aliphatic hydroxyl groups excluding tert-OH is 1. The second-order valence-electron chi connectivity index (χ2n) is 4.08. The summed E-state index contributed by atoms with van der Waals surface area (Å²) in [5.41, 5.74) is 1.10. The lowest BCUT2D eigenvalue weighted by molar-refractivity contribution is 0.191. The molecule has 1 unspecified atom stereocenters. The normalized spacial score (nSPS) is 12.2. The van der Waals surface area contributed by atoms with E-state index in [9.17, 15) is 13.9 Å². The quantitative estimate of drug-likeness (QED) is 0.895. The van der Waals surface area contributed by atoms with Gasteiger partial charge < -0.3 is 10.4 Å². The highest BCUT2D eigenvalue weighted by atomic mass is 35.5. The molecule has 0 saturated carbocycles. The van der Waals surface area contributed by atoms with Crippen molar-refractivity contribution < 1.29 is 13.9 Å². The van der Waals surface area contributed by atoms with Gasteiger partial charge in [-0.15, -0.1) is 0 Å². The minimum atomic E-state index is -0.969. The van der Waals surface area contributed by atoms with Crippen LogP contribution in [0, 0.1) is 11.6 Å². The number of nitrogens with one attached hydrogen (secondary N) is 1. The monoisotopic (exact) mass is 283 g/mol. The molecular formula is C14H12ClF2NO. The minimum absolute atomic E-state index is 0.187. The molecule has 0 amide bonds. The number of hydrogen-bond acceptors (Lipinski definition) is 2. The van der Waals surface area contributed by atoms with Gasteiger partial charge in [-0.1, -0.05) is 17.7 Å². The molecule has 2 aromatic carbocycles. The summed E-state index contributed by atoms with van der Waals surface area (Å²) < 4.78 is 25.8. The smallest absolute Gasteiger partial charge is 0.159 e. The van der Waals surface area contributed by atoms with E-state index in [4.69, 9.17) is 11.6 Å². The fourth-order valence-electron chi connectivity index (χ4n) is 1.62. The van der Waals surface area contributed by atoms with Crippen LogP contribution >= 0.6 is 11.6 Å². The molecule has 5 heteroatoms. The third-order valence-corrected chi connectivity index (χ3v) is 2.92. The molecule has 100 valence electrons. The zero-order chi connectivity index (χ0) is 13.8. The molecule has 0 spiro atoms. The van der Waals surface area contributed by atoms with E-state index < -0.39 is 17.7 Å². The van der Waals surface area contributed by atoms with E-state index in [0.717, 1.165) is 17.8 Å². The Labute approximate surface area is 114 Å². The first-order valence-corrected chi connectivity index (χ1v) is 6.06. The summed E-state index contributed by atoms with van der Waals surface area (Å²) >= 11 is 5.75. The van der Waals surface area contributed by atoms with E-state index in [0.29, 0.717) is 10.6 Å². The number of anilines is 1. The number of rotatable bonds is 4. The standard InChI is InChI=1S/C14H12ClF2NO/c15-10-2-4-11(5-3-10)18-8-14(19)9-1-6-12(16)13(17)7-9/h1-7,14,18-19H,8H2. The van der Waals surface area contributed by atoms with Crippen LogP contribution in [-0.2, 0) is 0 Å². The Kier molecular flexibility index (Phi) is 4.35. The van der Waals surface area contributed by atoms with Gasteiger partial charge in [0, 0.05) is 17.3 Å². The Bertz CT molecular complexity index is 560. The molecule has 0 saturated heterocycles. The highest BCUT2D eigenvalue weighted by Gasteiger charge is 2.10. The zero-order valence-electron chi connectivity index (χ0n) is 9.91. The van der Waals surface area contributed by atoms with E-state index in [1.807, 2.05) is 0 Å². The highest BCUT2D eigenvalue weighted by Crippen LogP contribution is 2.18. The van der Waals surface area contributed by atoms with Crippen molar-refractivity contribution in [3.05, 3.63) is 64.7 Å². The predicted octanol–water partition coefficient (Wildman–Crippen LogP) is 3.76. The van der Waals surface area contributed by atoms with Gasteiger partial charge in [0.05, 0.1) is 6.10 Å². The maximum atomic E-state index is 13.0. The highest BCUT2D eigenvalue weighted by molar-refractivity contribution is 6.30. The van der Waals surface area contributed by atoms with Crippen LogP contribution in [-0.4, -0.2) is 11.7 Å². The first-order valence-electron chi connectivity index (χ1n) is 5.69. The van der Waals surface area contributed by atoms with E-state index in [1.54, 1.807) is 24.3 Å². The summed E-state index contributed by atoms with van der Waals surface area (Å²) in [5, 5.41) is 13.5. The van der Waals surface area contributed by atoms with Crippen LogP contribution in [0.25, 0.3) is 0 Å². The molecule has 2 N–H and O–H groups in total. The molecule has 19 heavy (non-hydrogen) atoms. The van der Waals surface area contributed by atoms with Crippen molar-refractivity contribution in [1.29, 1.82) is 0 Å². The van der Waals surface area contributed by atoms with E-state index in [2.05, 4.69) is 5.32 Å². The van der Waals surface area contributed by atoms with E-state index >= 15 is 0 Å². The lowest BCUT2D eigenvalue weighted by Gasteiger charge is -2.13. The molecule has 1 atom stereocenters. The topological polar surface area (TPSA) is 32.3 Å². The van der Waals surface area contributed by atoms with Crippen LogP contribution in [0.4, 0.5) is 14.5 Å². The lowest BCUT2D eigenvalue weighted by atomic mass is 10.1. The molecule has 0 aromatic heterocycles. The third kappa shape index (κ3) is 3.66. The van der Waals surface area contributed by atoms with Crippen LogP contribution in [0.15, 0.2) is 42.5 Å². The fourth-order valence-corrected chi connectivity index (χ4v) is 1.75. The van der Waals surface area contributed by atoms with Gasteiger partial charge in [0.15, 0.2) is 11.6 Å². The molecular weight excluding hydrogens is 272 g/mol. The summed E-state index contributed by atoms with van der Waals surface area (Å²) in [4.78, 5) is 0. The molecule has 0 aliphatic rings. The van der Waals surface area contributed by atoms with Gasteiger partial charge in [0.2, 0.25) is 0 Å². The van der Waals surface area contributed by atoms with Gasteiger partial charge in [-0.3, -0.25) is 0 Å². The summed E-state index contributed by atoms with van der Waals surface area (Å²) in [6.07, 6.45) is -0.925. The number of halogens is 3. The van der Waals surface area contributed by atoms with Crippen molar-refractivity contribution in [2.45, 2.75) is 6.10 Å². The Morgan fingerprint density at radius 1 is 1.05 bits per heavy atom. The molecule has 0 aliphatic heterocycles. The zero-order valence-corrected chi connectivity index (χ0v) is 10.7. The Morgan fingerprint density at radius 2 is 1.74 bits per heavy atom. The van der Waals surface area contributed by atoms with Gasteiger partial charge in [-0.05, 0) is 42.0 Å². The van der Waals surface area contributed by atoms with E-state index in [-0.39, 0.29) is 6.54 Å². The van der Waals surface area contributed by atoms with Crippen LogP contribution in [0.2, 0.25) is 5.02 Å². The SMILES string of the molecule is OC(CNc1ccc(Cl)cc1)c1ccc(F)c(F)c1. The van der Waals surface area contributed by atoms with Crippen molar-refractivity contribution in [3.63, 3.8) is 0 Å². The molecule has 0 bridgehead atoms. The molecule has 0 aliphatic carbocycles. The summed E-state index contributed by atoms with van der Waals surface area (Å²) in [7, 11) is 0. The van der Waals surface area contributed by atoms with Crippen LogP contribution in [0.1, 0.15) is 11.7 Å². The maximum absolute atomic E-state index is 13.0. The van der Waals surface area contributed by atoms with Crippen molar-refractivity contribution in [3.8, 4) is 0 Å². The Balaban J connectivity index is 1.98. The number of benzene rings is 2. The summed E-state index contributed by atoms with van der Waals surface area (Å²) in [6, 6.07) is 10.3. The third-order valence-electron chi connectivity index (χ3n) is 2.67. The fraction of sp³-hybridized carbons (Fsp3) is 0.143. The molecule has 2 nitrogen and oxygen atoms in total. The number of aliphatic hydroxyl groups is 1. The molecule has 0 heterocycles. The van der Waals surface area contributed by atoms with Gasteiger partial charge in [-0.25, -0.2) is 8.78 Å². The molecule has 0 fully saturated rings. The molecule has 2 rings (SSSR count). The van der Waals surface area contributed by atoms with E-state index in [1.165, 1.54) is 6.07 Å². The van der Waals surface area contributed by atoms with Gasteiger partial charge in [-0.2, -0.15) is 0 Å². The minimum Gasteiger partial charge on any atom is -0.387 e. The largest absolute Gasteiger partial charge is 0.387 e. The van der Waals surface area contributed by atoms with Crippen LogP contribution < -0.4 is 5.32 Å². The van der Waals surface area contributed by atoms with Gasteiger partial charge in [0.25, 0.3) is 0 Å². The van der Waals surface area contributed by atoms with Crippen molar-refractivity contribution >= 4 is 17.3 Å². The Hall–Kier alpha value is -1.65. The second kappa shape index (κ2) is 5.99. The predicted molar refractivity (Wildman–Crippen MR) is 71.3 cm³/mol. The summed E-state index contributed by atoms with van der Waals surface area (Å²) in [5.74, 6) is -1.90. The summed E-state index contributed by atoms with van der Waals surface area (Å²) in [6.45, 7) is 0.187. The number of hydrogen-bond donors (Lipinski definition) is 2. The molecule has 0 radical (unpaired) electrons. The molecule has 2 aromatic rings. The van der Waals surface area contributed by atoms with Gasteiger partial charge >= 0.3 is 0 Å². The van der Waals surface area contributed by atoms with Crippen LogP contribution in [0.5, 0.6) is 0 Å². The average Bonchev–Trinajstić information content (AvgIpc) is 2.41. The second-order valence-corrected chi connectivity index (χ2v) is 4.51. The first kappa shape index (κ1) is 13.8. The van der Waals surface area contributed by atoms with Crippen molar-refractivity contribution in [1.82, 2.24) is 0 Å². The van der Waals surface area contributed by atoms with Crippen molar-refractivity contribution in [2.24, 2.45) is 0 Å². The van der Waals surface area contributed by atoms with Crippen molar-refractivity contribution in [2.75, 3.05) is 11.9 Å². The average molecular weight is 284 g/mol. The first-order chi connectivity index (χ1) is 9.06. The maximum Gasteiger partial charge on any atom is 0.159 e. The lowest BCUT2D eigenvalue weighted by Crippen LogP contribution is -2.12.